The molecule has 1 aromatic carbocycles. The molecule has 0 saturated carbocycles. The maximum Gasteiger partial charge on any atom is 0.0546 e. The quantitative estimate of drug-likeness (QED) is 0.808. The van der Waals surface area contributed by atoms with Crippen molar-refractivity contribution in [1.29, 1.82) is 0 Å². The van der Waals surface area contributed by atoms with Crippen molar-refractivity contribution in [1.82, 2.24) is 5.32 Å². The molecule has 0 fully saturated rings. The van der Waals surface area contributed by atoms with Crippen LogP contribution in [-0.4, -0.2) is 26.8 Å². The van der Waals surface area contributed by atoms with E-state index < -0.39 is 0 Å². The maximum absolute atomic E-state index is 6.19. The Morgan fingerprint density at radius 3 is 2.65 bits per heavy atom. The zero-order valence-electron chi connectivity index (χ0n) is 10.9. The first-order valence-electron chi connectivity index (χ1n) is 6.08. The minimum absolute atomic E-state index is 0.288. The summed E-state index contributed by atoms with van der Waals surface area (Å²) < 4.78 is 5.33. The van der Waals surface area contributed by atoms with Crippen LogP contribution < -0.4 is 5.32 Å². The topological polar surface area (TPSA) is 21.3 Å². The van der Waals surface area contributed by atoms with Crippen LogP contribution in [0.4, 0.5) is 0 Å². The van der Waals surface area contributed by atoms with Gasteiger partial charge in [0.2, 0.25) is 0 Å². The van der Waals surface area contributed by atoms with E-state index in [9.17, 15) is 0 Å². The molecular formula is C14H22ClNO. The van der Waals surface area contributed by atoms with E-state index in [0.717, 1.165) is 24.4 Å². The number of nitrogens with one attached hydrogen (secondary N) is 1. The molecule has 2 atom stereocenters. The maximum atomic E-state index is 6.19. The van der Waals surface area contributed by atoms with Gasteiger partial charge in [0.05, 0.1) is 6.10 Å². The highest BCUT2D eigenvalue weighted by Gasteiger charge is 2.14. The lowest BCUT2D eigenvalue weighted by Crippen LogP contribution is -2.25. The zero-order chi connectivity index (χ0) is 12.7. The Balaban J connectivity index is 2.63. The van der Waals surface area contributed by atoms with Crippen LogP contribution in [0.3, 0.4) is 0 Å². The van der Waals surface area contributed by atoms with Crippen molar-refractivity contribution >= 4 is 11.6 Å². The lowest BCUT2D eigenvalue weighted by atomic mass is 9.94. The van der Waals surface area contributed by atoms with Gasteiger partial charge in [0.25, 0.3) is 0 Å². The van der Waals surface area contributed by atoms with Crippen molar-refractivity contribution in [3.05, 3.63) is 34.9 Å². The Hall–Kier alpha value is -0.570. The number of hydrogen-bond donors (Lipinski definition) is 1. The number of benzene rings is 1. The normalized spacial score (nSPS) is 14.6. The molecule has 0 radical (unpaired) electrons. The molecule has 0 aliphatic carbocycles. The van der Waals surface area contributed by atoms with E-state index in [4.69, 9.17) is 16.3 Å². The van der Waals surface area contributed by atoms with Crippen molar-refractivity contribution in [2.45, 2.75) is 25.9 Å². The number of hydrogen-bond acceptors (Lipinski definition) is 2. The third-order valence-corrected chi connectivity index (χ3v) is 3.40. The molecule has 1 N–H and O–H groups in total. The number of methoxy groups -OCH3 is 1. The Morgan fingerprint density at radius 2 is 2.06 bits per heavy atom. The van der Waals surface area contributed by atoms with E-state index in [2.05, 4.69) is 18.3 Å². The van der Waals surface area contributed by atoms with Crippen LogP contribution in [0.15, 0.2) is 24.3 Å². The predicted octanol–water partition coefficient (Wildman–Crippen LogP) is 3.14. The number of ether oxygens (including phenoxy) is 1. The summed E-state index contributed by atoms with van der Waals surface area (Å²) in [6.45, 7) is 3.09. The van der Waals surface area contributed by atoms with Gasteiger partial charge in [0.15, 0.2) is 0 Å². The highest BCUT2D eigenvalue weighted by atomic mass is 35.5. The first kappa shape index (κ1) is 14.5. The van der Waals surface area contributed by atoms with E-state index in [1.54, 1.807) is 7.11 Å². The van der Waals surface area contributed by atoms with Gasteiger partial charge in [-0.05, 0) is 50.9 Å². The summed E-state index contributed by atoms with van der Waals surface area (Å²) in [6, 6.07) is 8.06. The van der Waals surface area contributed by atoms with Gasteiger partial charge in [-0.1, -0.05) is 29.8 Å². The molecule has 0 aliphatic rings. The first-order chi connectivity index (χ1) is 8.17. The second-order valence-corrected chi connectivity index (χ2v) is 4.91. The van der Waals surface area contributed by atoms with Gasteiger partial charge in [-0.2, -0.15) is 0 Å². The van der Waals surface area contributed by atoms with Crippen molar-refractivity contribution < 1.29 is 4.74 Å². The highest BCUT2D eigenvalue weighted by Crippen LogP contribution is 2.21. The van der Waals surface area contributed by atoms with E-state index >= 15 is 0 Å². The molecule has 0 aromatic heterocycles. The minimum atomic E-state index is 0.288. The molecule has 96 valence electrons. The molecule has 2 unspecified atom stereocenters. The lowest BCUT2D eigenvalue weighted by Gasteiger charge is -2.20. The molecule has 1 aromatic rings. The molecule has 3 heteroatoms. The summed E-state index contributed by atoms with van der Waals surface area (Å²) >= 11 is 6.19. The fourth-order valence-corrected chi connectivity index (χ4v) is 2.28. The number of rotatable bonds is 7. The Bertz CT molecular complexity index is 330. The molecule has 0 spiro atoms. The van der Waals surface area contributed by atoms with Gasteiger partial charge in [0.1, 0.15) is 0 Å². The second kappa shape index (κ2) is 7.70. The SMILES string of the molecule is CNCC(Cc1ccccc1Cl)CC(C)OC. The minimum Gasteiger partial charge on any atom is -0.382 e. The fourth-order valence-electron chi connectivity index (χ4n) is 2.07. The van der Waals surface area contributed by atoms with E-state index in [0.29, 0.717) is 5.92 Å². The standard InChI is InChI=1S/C14H22ClNO/c1-11(17-3)8-12(10-16-2)9-13-6-4-5-7-14(13)15/h4-7,11-12,16H,8-10H2,1-3H3. The zero-order valence-corrected chi connectivity index (χ0v) is 11.6. The van der Waals surface area contributed by atoms with Gasteiger partial charge in [0, 0.05) is 12.1 Å². The Morgan fingerprint density at radius 1 is 1.35 bits per heavy atom. The van der Waals surface area contributed by atoms with Crippen LogP contribution in [0.2, 0.25) is 5.02 Å². The van der Waals surface area contributed by atoms with Crippen LogP contribution in [0, 0.1) is 5.92 Å². The first-order valence-corrected chi connectivity index (χ1v) is 6.46. The second-order valence-electron chi connectivity index (χ2n) is 4.50. The molecule has 0 saturated heterocycles. The third-order valence-electron chi connectivity index (χ3n) is 3.03. The summed E-state index contributed by atoms with van der Waals surface area (Å²) in [4.78, 5) is 0. The molecule has 17 heavy (non-hydrogen) atoms. The molecule has 0 aliphatic heterocycles. The van der Waals surface area contributed by atoms with Crippen LogP contribution in [0.5, 0.6) is 0 Å². The third kappa shape index (κ3) is 5.07. The molecule has 1 rings (SSSR count). The van der Waals surface area contributed by atoms with Crippen LogP contribution in [-0.2, 0) is 11.2 Å². The largest absolute Gasteiger partial charge is 0.382 e. The highest BCUT2D eigenvalue weighted by molar-refractivity contribution is 6.31. The molecule has 0 heterocycles. The average molecular weight is 256 g/mol. The summed E-state index contributed by atoms with van der Waals surface area (Å²) in [7, 11) is 3.74. The molecule has 2 nitrogen and oxygen atoms in total. The van der Waals surface area contributed by atoms with Gasteiger partial charge in [-0.25, -0.2) is 0 Å². The smallest absolute Gasteiger partial charge is 0.0546 e. The number of halogens is 1. The lowest BCUT2D eigenvalue weighted by molar-refractivity contribution is 0.0949. The molecular weight excluding hydrogens is 234 g/mol. The van der Waals surface area contributed by atoms with Crippen molar-refractivity contribution in [2.24, 2.45) is 5.92 Å². The Labute approximate surface area is 109 Å². The van der Waals surface area contributed by atoms with Crippen molar-refractivity contribution in [3.63, 3.8) is 0 Å². The predicted molar refractivity (Wildman–Crippen MR) is 73.7 cm³/mol. The van der Waals surface area contributed by atoms with Gasteiger partial charge < -0.3 is 10.1 Å². The molecule has 0 amide bonds. The van der Waals surface area contributed by atoms with Crippen LogP contribution in [0.1, 0.15) is 18.9 Å². The van der Waals surface area contributed by atoms with Crippen molar-refractivity contribution in [3.8, 4) is 0 Å². The fraction of sp³-hybridized carbons (Fsp3) is 0.571. The molecule has 0 bridgehead atoms. The summed E-state index contributed by atoms with van der Waals surface area (Å²) in [5.74, 6) is 0.551. The van der Waals surface area contributed by atoms with Gasteiger partial charge >= 0.3 is 0 Å². The van der Waals surface area contributed by atoms with Crippen molar-refractivity contribution in [2.75, 3.05) is 20.7 Å². The van der Waals surface area contributed by atoms with Gasteiger partial charge in [-0.15, -0.1) is 0 Å². The Kier molecular flexibility index (Phi) is 6.56. The van der Waals surface area contributed by atoms with Crippen LogP contribution >= 0.6 is 11.6 Å². The summed E-state index contributed by atoms with van der Waals surface area (Å²) in [5, 5.41) is 4.10. The van der Waals surface area contributed by atoms with E-state index in [1.165, 1.54) is 5.56 Å². The van der Waals surface area contributed by atoms with E-state index in [1.807, 2.05) is 25.2 Å². The van der Waals surface area contributed by atoms with Gasteiger partial charge in [-0.3, -0.25) is 0 Å². The van der Waals surface area contributed by atoms with E-state index in [-0.39, 0.29) is 6.10 Å². The average Bonchev–Trinajstić information content (AvgIpc) is 2.32. The monoisotopic (exact) mass is 255 g/mol. The summed E-state index contributed by atoms with van der Waals surface area (Å²) in [6.07, 6.45) is 2.33. The summed E-state index contributed by atoms with van der Waals surface area (Å²) in [5.41, 5.74) is 1.22. The van der Waals surface area contributed by atoms with Crippen LogP contribution in [0.25, 0.3) is 0 Å².